The van der Waals surface area contributed by atoms with Crippen LogP contribution in [-0.2, 0) is 14.3 Å². The first-order valence-electron chi connectivity index (χ1n) is 4.94. The molecule has 0 spiro atoms. The minimum absolute atomic E-state index is 0.158. The average Bonchev–Trinajstić information content (AvgIpc) is 2.15. The van der Waals surface area contributed by atoms with E-state index < -0.39 is 0 Å². The summed E-state index contributed by atoms with van der Waals surface area (Å²) in [6.07, 6.45) is 3.67. The lowest BCUT2D eigenvalue weighted by Crippen LogP contribution is -2.27. The molecule has 1 aliphatic rings. The Morgan fingerprint density at radius 3 is 3.08 bits per heavy atom. The Hall–Kier alpha value is -0.410. The molecule has 0 bridgehead atoms. The van der Waals surface area contributed by atoms with Crippen LogP contribution in [0.1, 0.15) is 25.7 Å². The molecule has 0 amide bonds. The van der Waals surface area contributed by atoms with Crippen LogP contribution in [0, 0.1) is 5.92 Å². The Labute approximate surface area is 79.4 Å². The van der Waals surface area contributed by atoms with Gasteiger partial charge in [0.2, 0.25) is 0 Å². The third kappa shape index (κ3) is 3.87. The number of rotatable bonds is 5. The second kappa shape index (κ2) is 6.11. The minimum atomic E-state index is 0.158. The predicted octanol–water partition coefficient (Wildman–Crippen LogP) is 1.41. The van der Waals surface area contributed by atoms with Gasteiger partial charge in [0.1, 0.15) is 5.78 Å². The molecule has 1 aliphatic heterocycles. The number of carbonyl (C=O) groups excluding carboxylic acids is 1. The monoisotopic (exact) mass is 186 g/mol. The molecule has 1 unspecified atom stereocenters. The Morgan fingerprint density at radius 1 is 1.54 bits per heavy atom. The second-order valence-electron chi connectivity index (χ2n) is 3.48. The summed E-state index contributed by atoms with van der Waals surface area (Å²) in [7, 11) is 1.70. The summed E-state index contributed by atoms with van der Waals surface area (Å²) in [4.78, 5) is 11.3. The van der Waals surface area contributed by atoms with Crippen LogP contribution in [-0.4, -0.2) is 32.7 Å². The molecule has 1 heterocycles. The number of ether oxygens (including phenoxy) is 2. The highest BCUT2D eigenvalue weighted by Gasteiger charge is 2.21. The first-order chi connectivity index (χ1) is 6.34. The van der Waals surface area contributed by atoms with Gasteiger partial charge in [-0.2, -0.15) is 0 Å². The van der Waals surface area contributed by atoms with Gasteiger partial charge in [-0.05, 0) is 12.8 Å². The largest absolute Gasteiger partial charge is 0.385 e. The van der Waals surface area contributed by atoms with Crippen LogP contribution >= 0.6 is 0 Å². The quantitative estimate of drug-likeness (QED) is 0.609. The normalized spacial score (nSPS) is 23.5. The van der Waals surface area contributed by atoms with Gasteiger partial charge >= 0.3 is 0 Å². The Morgan fingerprint density at radius 2 is 2.38 bits per heavy atom. The highest BCUT2D eigenvalue weighted by molar-refractivity contribution is 5.81. The molecule has 0 saturated carbocycles. The third-order valence-corrected chi connectivity index (χ3v) is 2.42. The number of hydrogen-bond donors (Lipinski definition) is 0. The van der Waals surface area contributed by atoms with Gasteiger partial charge in [0.15, 0.2) is 0 Å². The van der Waals surface area contributed by atoms with E-state index in [1.807, 2.05) is 0 Å². The Balaban J connectivity index is 2.08. The van der Waals surface area contributed by atoms with E-state index in [4.69, 9.17) is 9.47 Å². The van der Waals surface area contributed by atoms with Crippen LogP contribution in [0.4, 0.5) is 0 Å². The topological polar surface area (TPSA) is 35.5 Å². The maximum absolute atomic E-state index is 11.3. The number of Topliss-reactive ketones (excluding diaryl/α,β-unsaturated/α-hetero) is 1. The summed E-state index contributed by atoms with van der Waals surface area (Å²) in [5.74, 6) is 0.536. The summed E-state index contributed by atoms with van der Waals surface area (Å²) in [6, 6.07) is 0. The summed E-state index contributed by atoms with van der Waals surface area (Å²) >= 11 is 0. The Kier molecular flexibility index (Phi) is 5.01. The summed E-state index contributed by atoms with van der Waals surface area (Å²) in [6.45, 7) is 2.04. The molecule has 1 rings (SSSR count). The highest BCUT2D eigenvalue weighted by atomic mass is 16.5. The third-order valence-electron chi connectivity index (χ3n) is 2.42. The van der Waals surface area contributed by atoms with Gasteiger partial charge in [-0.1, -0.05) is 6.42 Å². The first-order valence-corrected chi connectivity index (χ1v) is 4.94. The number of hydrogen-bond acceptors (Lipinski definition) is 3. The molecular weight excluding hydrogens is 168 g/mol. The fourth-order valence-electron chi connectivity index (χ4n) is 1.58. The summed E-state index contributed by atoms with van der Waals surface area (Å²) in [5.41, 5.74) is 0. The molecule has 13 heavy (non-hydrogen) atoms. The fraction of sp³-hybridized carbons (Fsp3) is 0.900. The first kappa shape index (κ1) is 10.7. The highest BCUT2D eigenvalue weighted by Crippen LogP contribution is 2.16. The van der Waals surface area contributed by atoms with Gasteiger partial charge in [-0.15, -0.1) is 0 Å². The van der Waals surface area contributed by atoms with E-state index in [2.05, 4.69) is 0 Å². The molecule has 1 fully saturated rings. The zero-order chi connectivity index (χ0) is 9.52. The predicted molar refractivity (Wildman–Crippen MR) is 49.7 cm³/mol. The van der Waals surface area contributed by atoms with Crippen molar-refractivity contribution in [3.8, 4) is 0 Å². The van der Waals surface area contributed by atoms with Crippen molar-refractivity contribution in [2.45, 2.75) is 25.7 Å². The van der Waals surface area contributed by atoms with Crippen molar-refractivity contribution in [2.75, 3.05) is 26.9 Å². The van der Waals surface area contributed by atoms with E-state index in [-0.39, 0.29) is 5.92 Å². The average molecular weight is 186 g/mol. The van der Waals surface area contributed by atoms with Gasteiger partial charge < -0.3 is 9.47 Å². The van der Waals surface area contributed by atoms with Gasteiger partial charge in [-0.25, -0.2) is 0 Å². The van der Waals surface area contributed by atoms with Crippen molar-refractivity contribution in [3.05, 3.63) is 0 Å². The molecule has 0 radical (unpaired) electrons. The Bertz CT molecular complexity index is 156. The van der Waals surface area contributed by atoms with Crippen LogP contribution in [0.15, 0.2) is 0 Å². The maximum atomic E-state index is 11.3. The van der Waals surface area contributed by atoms with E-state index in [0.717, 1.165) is 25.9 Å². The molecule has 1 saturated heterocycles. The smallest absolute Gasteiger partial charge is 0.140 e. The lowest BCUT2D eigenvalue weighted by atomic mass is 9.95. The van der Waals surface area contributed by atoms with Crippen LogP contribution in [0.2, 0.25) is 0 Å². The van der Waals surface area contributed by atoms with Gasteiger partial charge in [0.05, 0.1) is 13.2 Å². The van der Waals surface area contributed by atoms with Crippen LogP contribution < -0.4 is 0 Å². The molecule has 3 nitrogen and oxygen atoms in total. The molecule has 0 aromatic heterocycles. The fourth-order valence-corrected chi connectivity index (χ4v) is 1.58. The van der Waals surface area contributed by atoms with Gasteiger partial charge in [0, 0.05) is 26.1 Å². The summed E-state index contributed by atoms with van der Waals surface area (Å²) in [5, 5.41) is 0. The number of carbonyl (C=O) groups is 1. The summed E-state index contributed by atoms with van der Waals surface area (Å²) < 4.78 is 10.2. The molecule has 0 aromatic rings. The van der Waals surface area contributed by atoms with E-state index in [1.54, 1.807) is 7.11 Å². The molecule has 3 heteroatoms. The molecule has 0 aromatic carbocycles. The van der Waals surface area contributed by atoms with E-state index in [9.17, 15) is 4.79 Å². The molecule has 0 aliphatic carbocycles. The van der Waals surface area contributed by atoms with Crippen molar-refractivity contribution in [1.29, 1.82) is 0 Å². The standard InChI is InChI=1S/C10H18O3/c1-12-6-3-2-4-9-8-13-7-5-10(9)11/h9H,2-8H2,1H3. The van der Waals surface area contributed by atoms with E-state index in [1.165, 1.54) is 0 Å². The zero-order valence-corrected chi connectivity index (χ0v) is 8.25. The lowest BCUT2D eigenvalue weighted by molar-refractivity contribution is -0.130. The van der Waals surface area contributed by atoms with E-state index in [0.29, 0.717) is 25.4 Å². The number of ketones is 1. The van der Waals surface area contributed by atoms with Crippen molar-refractivity contribution in [1.82, 2.24) is 0 Å². The van der Waals surface area contributed by atoms with Crippen LogP contribution in [0.3, 0.4) is 0 Å². The molecule has 76 valence electrons. The second-order valence-corrected chi connectivity index (χ2v) is 3.48. The van der Waals surface area contributed by atoms with E-state index >= 15 is 0 Å². The van der Waals surface area contributed by atoms with Crippen molar-refractivity contribution < 1.29 is 14.3 Å². The van der Waals surface area contributed by atoms with Crippen molar-refractivity contribution >= 4 is 5.78 Å². The lowest BCUT2D eigenvalue weighted by Gasteiger charge is -2.20. The number of unbranched alkanes of at least 4 members (excludes halogenated alkanes) is 1. The van der Waals surface area contributed by atoms with Gasteiger partial charge in [-0.3, -0.25) is 4.79 Å². The minimum Gasteiger partial charge on any atom is -0.385 e. The maximum Gasteiger partial charge on any atom is 0.140 e. The zero-order valence-electron chi connectivity index (χ0n) is 8.25. The SMILES string of the molecule is COCCCCC1COCCC1=O. The van der Waals surface area contributed by atoms with Crippen molar-refractivity contribution in [3.63, 3.8) is 0 Å². The molecule has 1 atom stereocenters. The molecule has 0 N–H and O–H groups in total. The van der Waals surface area contributed by atoms with Crippen LogP contribution in [0.25, 0.3) is 0 Å². The van der Waals surface area contributed by atoms with Crippen molar-refractivity contribution in [2.24, 2.45) is 5.92 Å². The van der Waals surface area contributed by atoms with Gasteiger partial charge in [0.25, 0.3) is 0 Å². The number of methoxy groups -OCH3 is 1. The molecular formula is C10H18O3. The van der Waals surface area contributed by atoms with Crippen LogP contribution in [0.5, 0.6) is 0 Å².